The van der Waals surface area contributed by atoms with Crippen LogP contribution in [-0.4, -0.2) is 26.2 Å². The summed E-state index contributed by atoms with van der Waals surface area (Å²) in [4.78, 5) is 29.4. The minimum absolute atomic E-state index is 0.161. The van der Waals surface area contributed by atoms with Crippen LogP contribution in [0.2, 0.25) is 0 Å². The third kappa shape index (κ3) is 2.79. The molecule has 1 fully saturated rings. The molecule has 172 valence electrons. The maximum Gasteiger partial charge on any atom is 0.337 e. The van der Waals surface area contributed by atoms with E-state index in [-0.39, 0.29) is 5.57 Å². The number of hydrogen-bond donors (Lipinski definition) is 0. The Bertz CT molecular complexity index is 1310. The molecule has 0 aromatic heterocycles. The van der Waals surface area contributed by atoms with E-state index in [0.717, 1.165) is 22.4 Å². The van der Waals surface area contributed by atoms with E-state index in [1.807, 2.05) is 91.9 Å². The summed E-state index contributed by atoms with van der Waals surface area (Å²) in [6, 6.07) is 27.1. The Labute approximate surface area is 201 Å². The summed E-state index contributed by atoms with van der Waals surface area (Å²) in [6.45, 7) is 2.01. The molecule has 0 amide bonds. The Morgan fingerprint density at radius 2 is 1.50 bits per heavy atom. The zero-order valence-corrected chi connectivity index (χ0v) is 19.4. The number of aryl methyl sites for hydroxylation is 1. The number of rotatable bonds is 5. The molecule has 0 spiro atoms. The van der Waals surface area contributed by atoms with Crippen molar-refractivity contribution in [1.29, 1.82) is 0 Å². The van der Waals surface area contributed by atoms with Gasteiger partial charge in [0.1, 0.15) is 5.41 Å². The van der Waals surface area contributed by atoms with Crippen LogP contribution >= 0.6 is 0 Å². The van der Waals surface area contributed by atoms with Gasteiger partial charge in [0.2, 0.25) is 0 Å². The first-order valence-corrected chi connectivity index (χ1v) is 11.2. The third-order valence-corrected chi connectivity index (χ3v) is 7.08. The van der Waals surface area contributed by atoms with E-state index in [9.17, 15) is 9.59 Å². The highest BCUT2D eigenvalue weighted by molar-refractivity contribution is 6.12. The fraction of sp³-hybridized carbons (Fsp3) is 0.241. The van der Waals surface area contributed by atoms with E-state index in [0.29, 0.717) is 12.1 Å². The molecule has 3 atom stereocenters. The first-order chi connectivity index (χ1) is 16.9. The van der Waals surface area contributed by atoms with E-state index in [1.165, 1.54) is 14.2 Å². The second-order valence-corrected chi connectivity index (χ2v) is 8.69. The maximum atomic E-state index is 13.8. The number of carbonyl (C=O) groups is 2. The Hall–Kier alpha value is -3.86. The summed E-state index contributed by atoms with van der Waals surface area (Å²) in [6.07, 6.45) is -0.574. The van der Waals surface area contributed by atoms with Crippen LogP contribution in [0, 0.1) is 12.3 Å². The summed E-state index contributed by atoms with van der Waals surface area (Å²) >= 11 is 0. The lowest BCUT2D eigenvalue weighted by Gasteiger charge is -2.58. The number of esters is 2. The monoisotopic (exact) mass is 455 g/mol. The first-order valence-electron chi connectivity index (χ1n) is 11.8. The second-order valence-electron chi connectivity index (χ2n) is 8.69. The SMILES string of the molecule is [2H][13CH]1C[C@@]2(c3ccccc3)N(c3ccc(C)cc3)C(c3ccccc3)=C(C(=O)OC)[C@@]12C(=O)OC. The molecule has 1 aliphatic carbocycles. The summed E-state index contributed by atoms with van der Waals surface area (Å²) in [5.41, 5.74) is 1.60. The third-order valence-electron chi connectivity index (χ3n) is 7.08. The molecule has 0 bridgehead atoms. The quantitative estimate of drug-likeness (QED) is 0.389. The second kappa shape index (κ2) is 8.17. The van der Waals surface area contributed by atoms with Crippen LogP contribution in [0.5, 0.6) is 0 Å². The van der Waals surface area contributed by atoms with Crippen molar-refractivity contribution in [3.63, 3.8) is 0 Å². The number of ether oxygens (including phenoxy) is 2. The number of nitrogens with zero attached hydrogens (tertiary/aromatic N) is 1. The largest absolute Gasteiger partial charge is 0.468 e. The van der Waals surface area contributed by atoms with Crippen molar-refractivity contribution in [2.45, 2.75) is 25.3 Å². The lowest BCUT2D eigenvalue weighted by molar-refractivity contribution is -0.165. The van der Waals surface area contributed by atoms with E-state index in [4.69, 9.17) is 10.8 Å². The standard InChI is InChI=1S/C29H27NO4/c1-20-14-16-23(17-15-20)30-25(21-10-6-4-7-11-21)24(26(31)33-2)28(27(32)34-3)18-19-29(28,30)22-12-8-5-9-13-22/h4-17H,18-19H2,1-3H3/t28-,29+/m1/s1/i18+1D/t18?,28-,29+. The zero-order chi connectivity index (χ0) is 24.8. The number of hydrogen-bond acceptors (Lipinski definition) is 5. The van der Waals surface area contributed by atoms with Gasteiger partial charge in [-0.2, -0.15) is 0 Å². The van der Waals surface area contributed by atoms with Crippen LogP contribution in [-0.2, 0) is 24.6 Å². The fourth-order valence-electron chi connectivity index (χ4n) is 5.54. The summed E-state index contributed by atoms with van der Waals surface area (Å²) < 4.78 is 19.7. The van der Waals surface area contributed by atoms with Crippen molar-refractivity contribution in [1.82, 2.24) is 0 Å². The van der Waals surface area contributed by atoms with Gasteiger partial charge < -0.3 is 14.4 Å². The summed E-state index contributed by atoms with van der Waals surface area (Å²) in [5.74, 6) is -1.25. The molecule has 0 saturated heterocycles. The molecule has 0 N–H and O–H groups in total. The number of methoxy groups -OCH3 is 2. The van der Waals surface area contributed by atoms with Gasteiger partial charge in [0.05, 0.1) is 31.0 Å². The van der Waals surface area contributed by atoms with Crippen LogP contribution < -0.4 is 4.90 Å². The van der Waals surface area contributed by atoms with Crippen LogP contribution in [0.25, 0.3) is 5.70 Å². The van der Waals surface area contributed by atoms with Crippen molar-refractivity contribution in [2.24, 2.45) is 5.41 Å². The van der Waals surface area contributed by atoms with Crippen LogP contribution in [0.1, 0.15) is 30.9 Å². The summed E-state index contributed by atoms with van der Waals surface area (Å²) in [5, 5.41) is 0. The van der Waals surface area contributed by atoms with Crippen LogP contribution in [0.4, 0.5) is 5.69 Å². The minimum Gasteiger partial charge on any atom is -0.468 e. The van der Waals surface area contributed by atoms with Gasteiger partial charge in [0.25, 0.3) is 0 Å². The van der Waals surface area contributed by atoms with E-state index in [2.05, 4.69) is 4.90 Å². The van der Waals surface area contributed by atoms with Gasteiger partial charge in [-0.1, -0.05) is 78.4 Å². The average molecular weight is 456 g/mol. The molecule has 1 aliphatic heterocycles. The average Bonchev–Trinajstić information content (AvgIpc) is 3.12. The topological polar surface area (TPSA) is 55.8 Å². The number of anilines is 1. The molecule has 1 saturated carbocycles. The van der Waals surface area contributed by atoms with Gasteiger partial charge in [-0.05, 0) is 43.0 Å². The molecule has 1 unspecified atom stereocenters. The lowest BCUT2D eigenvalue weighted by atomic mass is 9.58. The number of benzene rings is 3. The molecule has 3 aromatic carbocycles. The van der Waals surface area contributed by atoms with Crippen molar-refractivity contribution in [2.75, 3.05) is 19.1 Å². The van der Waals surface area contributed by atoms with E-state index in [1.54, 1.807) is 0 Å². The van der Waals surface area contributed by atoms with Gasteiger partial charge in [-0.15, -0.1) is 0 Å². The Morgan fingerprint density at radius 3 is 2.06 bits per heavy atom. The predicted octanol–water partition coefficient (Wildman–Crippen LogP) is 5.25. The van der Waals surface area contributed by atoms with Crippen molar-refractivity contribution in [3.05, 3.63) is 107 Å². The maximum absolute atomic E-state index is 13.8. The highest BCUT2D eigenvalue weighted by Gasteiger charge is 2.76. The molecule has 2 aliphatic rings. The molecule has 5 rings (SSSR count). The molecule has 0 radical (unpaired) electrons. The van der Waals surface area contributed by atoms with Crippen LogP contribution in [0.15, 0.2) is 90.5 Å². The Morgan fingerprint density at radius 1 is 0.882 bits per heavy atom. The zero-order valence-electron chi connectivity index (χ0n) is 20.4. The van der Waals surface area contributed by atoms with Crippen molar-refractivity contribution < 1.29 is 20.4 Å². The minimum atomic E-state index is -1.58. The molecular weight excluding hydrogens is 427 g/mol. The van der Waals surface area contributed by atoms with Crippen LogP contribution in [0.3, 0.4) is 0 Å². The first kappa shape index (κ1) is 20.7. The Balaban J connectivity index is 1.95. The molecule has 5 heteroatoms. The lowest BCUT2D eigenvalue weighted by Crippen LogP contribution is -2.64. The van der Waals surface area contributed by atoms with Gasteiger partial charge in [-0.3, -0.25) is 4.79 Å². The van der Waals surface area contributed by atoms with E-state index < -0.39 is 29.3 Å². The predicted molar refractivity (Wildman–Crippen MR) is 131 cm³/mol. The molecule has 3 aromatic rings. The highest BCUT2D eigenvalue weighted by atomic mass is 16.5. The van der Waals surface area contributed by atoms with Crippen molar-refractivity contribution in [3.8, 4) is 0 Å². The van der Waals surface area contributed by atoms with Gasteiger partial charge in [0.15, 0.2) is 0 Å². The van der Waals surface area contributed by atoms with Crippen molar-refractivity contribution >= 4 is 23.3 Å². The number of fused-ring (bicyclic) bond motifs is 1. The van der Waals surface area contributed by atoms with Gasteiger partial charge in [-0.25, -0.2) is 4.79 Å². The number of carbonyl (C=O) groups excluding carboxylic acids is 2. The van der Waals surface area contributed by atoms with Gasteiger partial charge in [0, 0.05) is 7.06 Å². The molecule has 34 heavy (non-hydrogen) atoms. The molecular formula is C29H27NO4. The van der Waals surface area contributed by atoms with E-state index >= 15 is 0 Å². The summed E-state index contributed by atoms with van der Waals surface area (Å²) in [7, 11) is 2.61. The van der Waals surface area contributed by atoms with Gasteiger partial charge >= 0.3 is 11.9 Å². The molecule has 1 heterocycles. The highest BCUT2D eigenvalue weighted by Crippen LogP contribution is 2.71. The Kier molecular flexibility index (Phi) is 4.98. The smallest absolute Gasteiger partial charge is 0.337 e. The fourth-order valence-corrected chi connectivity index (χ4v) is 5.54. The molecule has 5 nitrogen and oxygen atoms in total. The normalized spacial score (nSPS) is 25.8.